The van der Waals surface area contributed by atoms with Gasteiger partial charge in [0.15, 0.2) is 0 Å². The van der Waals surface area contributed by atoms with Crippen molar-refractivity contribution in [2.45, 2.75) is 31.2 Å². The molecule has 0 aliphatic carbocycles. The van der Waals surface area contributed by atoms with Crippen LogP contribution in [0.25, 0.3) is 0 Å². The van der Waals surface area contributed by atoms with E-state index in [2.05, 4.69) is 18.9 Å². The Hall–Kier alpha value is -1.17. The van der Waals surface area contributed by atoms with Gasteiger partial charge in [0.25, 0.3) is 6.47 Å². The molecule has 0 bridgehead atoms. The van der Waals surface area contributed by atoms with Crippen molar-refractivity contribution in [1.29, 1.82) is 0 Å². The van der Waals surface area contributed by atoms with Crippen LogP contribution in [0.4, 0.5) is 0 Å². The molecule has 3 unspecified atom stereocenters. The minimum atomic E-state index is -0.0799. The van der Waals surface area contributed by atoms with Gasteiger partial charge in [0.1, 0.15) is 37.5 Å². The third kappa shape index (κ3) is 69.4. The summed E-state index contributed by atoms with van der Waals surface area (Å²) in [5, 5.41) is 32.5. The quantitative estimate of drug-likeness (QED) is 0.0565. The van der Waals surface area contributed by atoms with Gasteiger partial charge in [-0.2, -0.15) is 0 Å². The fourth-order valence-corrected chi connectivity index (χ4v) is 2.10. The first-order valence-corrected chi connectivity index (χ1v) is 15.4. The average Bonchev–Trinajstić information content (AvgIpc) is 4.06. The third-order valence-electron chi connectivity index (χ3n) is 4.62. The number of epoxide rings is 2. The van der Waals surface area contributed by atoms with Crippen molar-refractivity contribution in [3.8, 4) is 0 Å². The van der Waals surface area contributed by atoms with Gasteiger partial charge < -0.3 is 82.1 Å². The molecule has 49 heavy (non-hydrogen) atoms. The number of aliphatic hydroxyl groups excluding tert-OH is 4. The zero-order chi connectivity index (χ0) is 36.8. The Kier molecular flexibility index (Phi) is 65.6. The van der Waals surface area contributed by atoms with Gasteiger partial charge in [0, 0.05) is 66.4 Å². The van der Waals surface area contributed by atoms with Gasteiger partial charge in [-0.3, -0.25) is 4.79 Å². The largest absolute Gasteiger partial charge is 0.465 e. The Morgan fingerprint density at radius 1 is 0.571 bits per heavy atom. The molecule has 18 nitrogen and oxygen atoms in total. The van der Waals surface area contributed by atoms with Crippen LogP contribution < -0.4 is 0 Å². The summed E-state index contributed by atoms with van der Waals surface area (Å²) < 4.78 is 52.5. The van der Waals surface area contributed by atoms with Gasteiger partial charge in [0.05, 0.1) is 106 Å². The van der Waals surface area contributed by atoms with E-state index < -0.39 is 0 Å². The molecule has 3 aliphatic heterocycles. The summed E-state index contributed by atoms with van der Waals surface area (Å²) in [4.78, 5) is 28.1. The Bertz CT molecular complexity index is 581. The van der Waals surface area contributed by atoms with Gasteiger partial charge in [-0.1, -0.05) is 0 Å². The Balaban J connectivity index is -0.000000155. The van der Waals surface area contributed by atoms with E-state index in [1.165, 1.54) is 0 Å². The molecule has 3 fully saturated rings. The standard InChI is InChI=1S/C6H12O3.2C5H10O3.C4H8O3.C4H8O2.C3H8O2.C3H6O2.V/c1-7-2-3-8-4-6-5-9-6;6-3-5-4-7-1-2-8-5;6-1-2-7-3-5-4-8-5;1-6-2-3-7-4-5;1-6-4-2-3-5;1-5-3-2-4;4-2-1-3-5;/h6H,2-5H2,1H3;2*5-6H,1-4H2;4H,2-3H2,1H3;3H,2,4H2,1H3;4H,2-3H2,1H3;2,5H,1,3H2;. The predicted octanol–water partition coefficient (Wildman–Crippen LogP) is -1.95. The van der Waals surface area contributed by atoms with Crippen molar-refractivity contribution in [2.75, 3.05) is 147 Å². The fourth-order valence-electron chi connectivity index (χ4n) is 2.10. The van der Waals surface area contributed by atoms with Gasteiger partial charge >= 0.3 is 0 Å². The topological polar surface area (TPSA) is 240 Å². The third-order valence-corrected chi connectivity index (χ3v) is 4.62. The van der Waals surface area contributed by atoms with E-state index in [0.29, 0.717) is 104 Å². The zero-order valence-electron chi connectivity index (χ0n) is 29.6. The molecule has 3 heterocycles. The molecule has 0 aromatic rings. The Labute approximate surface area is 302 Å². The summed E-state index contributed by atoms with van der Waals surface area (Å²) in [5.41, 5.74) is 0. The van der Waals surface area contributed by atoms with Crippen LogP contribution in [-0.4, -0.2) is 205 Å². The van der Waals surface area contributed by atoms with Crippen molar-refractivity contribution in [3.63, 3.8) is 0 Å². The van der Waals surface area contributed by atoms with E-state index in [1.54, 1.807) is 28.4 Å². The minimum absolute atomic E-state index is 0. The second-order valence-electron chi connectivity index (χ2n) is 8.83. The molecule has 0 amide bonds. The van der Waals surface area contributed by atoms with Crippen LogP contribution in [0.15, 0.2) is 0 Å². The SMILES string of the molecule is COCCC=O.COCCO.COCCOC=O.COCCOCC1CO1.O=CCCO.OCC1COCCO1.OCCOCC1CO1.[V]. The number of hydrogen-bond acceptors (Lipinski definition) is 18. The number of ether oxygens (including phenoxy) is 11. The van der Waals surface area contributed by atoms with E-state index in [9.17, 15) is 14.4 Å². The number of methoxy groups -OCH3 is 4. The van der Waals surface area contributed by atoms with Crippen LogP contribution in [0.1, 0.15) is 12.8 Å². The van der Waals surface area contributed by atoms with E-state index >= 15 is 0 Å². The number of rotatable bonds is 21. The maximum atomic E-state index is 9.48. The average molecular weight is 762 g/mol. The summed E-state index contributed by atoms with van der Waals surface area (Å²) in [6, 6.07) is 0. The van der Waals surface area contributed by atoms with Crippen molar-refractivity contribution in [2.24, 2.45) is 0 Å². The molecule has 3 rings (SSSR count). The minimum Gasteiger partial charge on any atom is -0.465 e. The maximum absolute atomic E-state index is 9.48. The second-order valence-corrected chi connectivity index (χ2v) is 8.83. The molecule has 0 spiro atoms. The first kappa shape index (κ1) is 57.2. The summed E-state index contributed by atoms with van der Waals surface area (Å²) >= 11 is 0. The molecule has 19 heteroatoms. The van der Waals surface area contributed by atoms with E-state index in [-0.39, 0.29) is 57.5 Å². The van der Waals surface area contributed by atoms with Crippen LogP contribution in [0.5, 0.6) is 0 Å². The number of aldehydes is 2. The molecule has 0 aromatic carbocycles. The van der Waals surface area contributed by atoms with Crippen molar-refractivity contribution in [1.82, 2.24) is 0 Å². The van der Waals surface area contributed by atoms with E-state index in [0.717, 1.165) is 26.1 Å². The molecule has 0 aromatic heterocycles. The van der Waals surface area contributed by atoms with Crippen LogP contribution in [0.3, 0.4) is 0 Å². The van der Waals surface area contributed by atoms with Crippen LogP contribution in [0.2, 0.25) is 0 Å². The molecule has 4 N–H and O–H groups in total. The van der Waals surface area contributed by atoms with Crippen molar-refractivity contribution in [3.05, 3.63) is 0 Å². The van der Waals surface area contributed by atoms with Gasteiger partial charge in [-0.15, -0.1) is 0 Å². The summed E-state index contributed by atoms with van der Waals surface area (Å²) in [6.45, 7) is 9.14. The van der Waals surface area contributed by atoms with Crippen LogP contribution >= 0.6 is 0 Å². The van der Waals surface area contributed by atoms with E-state index in [4.69, 9.17) is 53.6 Å². The smallest absolute Gasteiger partial charge is 0.293 e. The molecule has 3 atom stereocenters. The number of hydrogen-bond donors (Lipinski definition) is 4. The van der Waals surface area contributed by atoms with Crippen molar-refractivity contribution >= 4 is 19.0 Å². The van der Waals surface area contributed by atoms with Crippen molar-refractivity contribution < 1.29 is 105 Å². The van der Waals surface area contributed by atoms with Gasteiger partial charge in [0.2, 0.25) is 0 Å². The Morgan fingerprint density at radius 3 is 1.37 bits per heavy atom. The first-order valence-electron chi connectivity index (χ1n) is 15.4. The molecule has 295 valence electrons. The van der Waals surface area contributed by atoms with E-state index in [1.807, 2.05) is 0 Å². The molecule has 1 radical (unpaired) electrons. The molecular weight excluding hydrogens is 699 g/mol. The fraction of sp³-hybridized carbons (Fsp3) is 0.900. The molecular formula is C30H62O18V. The van der Waals surface area contributed by atoms with Crippen LogP contribution in [0, 0.1) is 0 Å². The van der Waals surface area contributed by atoms with Crippen LogP contribution in [-0.2, 0) is 85.0 Å². The molecule has 0 saturated carbocycles. The first-order chi connectivity index (χ1) is 23.5. The number of aliphatic hydroxyl groups is 4. The molecule has 3 saturated heterocycles. The maximum Gasteiger partial charge on any atom is 0.293 e. The second kappa shape index (κ2) is 56.2. The number of carbonyl (C=O) groups is 3. The van der Waals surface area contributed by atoms with Gasteiger partial charge in [-0.25, -0.2) is 0 Å². The predicted molar refractivity (Wildman–Crippen MR) is 171 cm³/mol. The summed E-state index contributed by atoms with van der Waals surface area (Å²) in [6.07, 6.45) is 2.91. The summed E-state index contributed by atoms with van der Waals surface area (Å²) in [7, 11) is 6.34. The normalized spacial score (nSPS) is 17.4. The Morgan fingerprint density at radius 2 is 1.08 bits per heavy atom. The molecule has 3 aliphatic rings. The summed E-state index contributed by atoms with van der Waals surface area (Å²) in [5.74, 6) is 0. The number of carbonyl (C=O) groups excluding carboxylic acids is 3. The zero-order valence-corrected chi connectivity index (χ0v) is 31.0. The van der Waals surface area contributed by atoms with Gasteiger partial charge in [-0.05, 0) is 0 Å². The monoisotopic (exact) mass is 761 g/mol.